The number of aliphatic imine (C=N–C) groups is 1. The number of rotatable bonds is 4. The van der Waals surface area contributed by atoms with Gasteiger partial charge in [-0.15, -0.1) is 0 Å². The first-order chi connectivity index (χ1) is 13.2. The Balaban J connectivity index is 1.58. The monoisotopic (exact) mass is 360 g/mol. The van der Waals surface area contributed by atoms with Crippen LogP contribution >= 0.6 is 0 Å². The van der Waals surface area contributed by atoms with E-state index in [1.165, 1.54) is 0 Å². The number of oxazole rings is 1. The maximum atomic E-state index is 12.5. The molecule has 0 saturated heterocycles. The summed E-state index contributed by atoms with van der Waals surface area (Å²) in [7, 11) is 0. The number of benzene rings is 2. The van der Waals surface area contributed by atoms with E-state index in [0.717, 1.165) is 37.9 Å². The molecule has 5 nitrogen and oxygen atoms in total. The average molecular weight is 360 g/mol. The highest BCUT2D eigenvalue weighted by Crippen LogP contribution is 2.29. The lowest BCUT2D eigenvalue weighted by atomic mass is 10.0. The first-order valence-electron chi connectivity index (χ1n) is 9.16. The van der Waals surface area contributed by atoms with Crippen LogP contribution in [0.2, 0.25) is 0 Å². The van der Waals surface area contributed by atoms with Crippen molar-refractivity contribution in [2.75, 3.05) is 6.54 Å². The van der Waals surface area contributed by atoms with Crippen molar-refractivity contribution in [3.8, 4) is 17.4 Å². The van der Waals surface area contributed by atoms with E-state index in [-0.39, 0.29) is 11.7 Å². The summed E-state index contributed by atoms with van der Waals surface area (Å²) >= 11 is 0. The summed E-state index contributed by atoms with van der Waals surface area (Å²) < 4.78 is 5.46. The van der Waals surface area contributed by atoms with Crippen LogP contribution in [-0.4, -0.2) is 28.1 Å². The molecule has 0 atom stereocenters. The first kappa shape index (κ1) is 17.2. The summed E-state index contributed by atoms with van der Waals surface area (Å²) in [6, 6.07) is 16.2. The number of carbonyl (C=O) groups excluding carboxylic acids is 1. The third kappa shape index (κ3) is 3.67. The molecule has 4 rings (SSSR count). The minimum absolute atomic E-state index is 0.0362. The number of ketones is 1. The van der Waals surface area contributed by atoms with Crippen molar-refractivity contribution in [2.24, 2.45) is 4.99 Å². The summed E-state index contributed by atoms with van der Waals surface area (Å²) in [4.78, 5) is 21.5. The van der Waals surface area contributed by atoms with Crippen molar-refractivity contribution in [3.63, 3.8) is 0 Å². The van der Waals surface area contributed by atoms with Crippen LogP contribution in [0.3, 0.4) is 0 Å². The van der Waals surface area contributed by atoms with Gasteiger partial charge in [-0.3, -0.25) is 9.79 Å². The van der Waals surface area contributed by atoms with Crippen molar-refractivity contribution in [1.29, 1.82) is 0 Å². The highest BCUT2D eigenvalue weighted by atomic mass is 16.5. The summed E-state index contributed by atoms with van der Waals surface area (Å²) in [5, 5.41) is 10.2. The largest absolute Gasteiger partial charge is 0.479 e. The second-order valence-corrected chi connectivity index (χ2v) is 6.58. The molecule has 3 aromatic rings. The van der Waals surface area contributed by atoms with Crippen LogP contribution in [0.1, 0.15) is 47.3 Å². The van der Waals surface area contributed by atoms with Gasteiger partial charge in [0, 0.05) is 23.2 Å². The van der Waals surface area contributed by atoms with Gasteiger partial charge in [0.1, 0.15) is 0 Å². The van der Waals surface area contributed by atoms with Crippen molar-refractivity contribution < 1.29 is 14.3 Å². The highest BCUT2D eigenvalue weighted by molar-refractivity contribution is 6.09. The molecule has 27 heavy (non-hydrogen) atoms. The predicted molar refractivity (Wildman–Crippen MR) is 103 cm³/mol. The number of hydrogen-bond acceptors (Lipinski definition) is 5. The number of nitrogens with zero attached hydrogens (tertiary/aromatic N) is 2. The van der Waals surface area contributed by atoms with Crippen LogP contribution < -0.4 is 0 Å². The fourth-order valence-electron chi connectivity index (χ4n) is 3.21. The number of carbonyl (C=O) groups is 1. The van der Waals surface area contributed by atoms with E-state index < -0.39 is 0 Å². The molecule has 2 aromatic carbocycles. The van der Waals surface area contributed by atoms with E-state index in [4.69, 9.17) is 4.42 Å². The molecular weight excluding hydrogens is 340 g/mol. The lowest BCUT2D eigenvalue weighted by Crippen LogP contribution is -2.01. The molecule has 1 aromatic heterocycles. The lowest BCUT2D eigenvalue weighted by molar-refractivity contribution is 0.103. The molecule has 2 heterocycles. The van der Waals surface area contributed by atoms with E-state index in [0.29, 0.717) is 28.3 Å². The zero-order valence-electron chi connectivity index (χ0n) is 14.9. The smallest absolute Gasteiger partial charge is 0.312 e. The molecule has 136 valence electrons. The van der Waals surface area contributed by atoms with Gasteiger partial charge in [-0.05, 0) is 31.4 Å². The fraction of sp³-hybridized carbons (Fsp3) is 0.227. The maximum absolute atomic E-state index is 12.5. The normalized spacial score (nSPS) is 14.4. The van der Waals surface area contributed by atoms with Gasteiger partial charge in [0.25, 0.3) is 0 Å². The van der Waals surface area contributed by atoms with Crippen molar-refractivity contribution in [3.05, 3.63) is 71.4 Å². The standard InChI is InChI=1S/C22H20N2O3/c25-20(15-7-3-1-4-8-15)16-10-12-17(13-11-16)21-24-19(22(26)27-21)18-9-5-2-6-14-23-18/h1,3-4,7-8,10-13,26H,2,5-6,9,14H2. The summed E-state index contributed by atoms with van der Waals surface area (Å²) in [5.41, 5.74) is 3.17. The first-order valence-corrected chi connectivity index (χ1v) is 9.16. The summed E-state index contributed by atoms with van der Waals surface area (Å²) in [6.07, 6.45) is 4.03. The molecule has 1 aliphatic rings. The molecule has 0 unspecified atom stereocenters. The van der Waals surface area contributed by atoms with Gasteiger partial charge >= 0.3 is 5.95 Å². The SMILES string of the molecule is O=C(c1ccccc1)c1ccc(-c2nc(C3=NCCCCC3)c(O)o2)cc1. The number of aromatic nitrogens is 1. The Morgan fingerprint density at radius 2 is 1.67 bits per heavy atom. The van der Waals surface area contributed by atoms with Gasteiger partial charge < -0.3 is 9.52 Å². The Kier molecular flexibility index (Phi) is 4.83. The zero-order valence-corrected chi connectivity index (χ0v) is 14.9. The van der Waals surface area contributed by atoms with E-state index >= 15 is 0 Å². The van der Waals surface area contributed by atoms with Gasteiger partial charge in [-0.1, -0.05) is 48.9 Å². The molecular formula is C22H20N2O3. The quantitative estimate of drug-likeness (QED) is 0.688. The minimum Gasteiger partial charge on any atom is -0.479 e. The maximum Gasteiger partial charge on any atom is 0.312 e. The Bertz CT molecular complexity index is 973. The van der Waals surface area contributed by atoms with Crippen LogP contribution in [0.25, 0.3) is 11.5 Å². The van der Waals surface area contributed by atoms with E-state index in [1.807, 2.05) is 18.2 Å². The minimum atomic E-state index is -0.199. The Morgan fingerprint density at radius 1 is 0.926 bits per heavy atom. The molecule has 0 fully saturated rings. The third-order valence-electron chi connectivity index (χ3n) is 4.69. The second kappa shape index (κ2) is 7.58. The van der Waals surface area contributed by atoms with E-state index in [9.17, 15) is 9.90 Å². The van der Waals surface area contributed by atoms with Gasteiger partial charge in [-0.25, -0.2) is 4.98 Å². The molecule has 0 amide bonds. The van der Waals surface area contributed by atoms with Crippen LogP contribution in [0.4, 0.5) is 0 Å². The Hall–Kier alpha value is -3.21. The number of aromatic hydroxyl groups is 1. The fourth-order valence-corrected chi connectivity index (χ4v) is 3.21. The zero-order chi connectivity index (χ0) is 18.6. The Morgan fingerprint density at radius 3 is 2.44 bits per heavy atom. The molecule has 0 aliphatic carbocycles. The van der Waals surface area contributed by atoms with Crippen LogP contribution in [0, 0.1) is 0 Å². The predicted octanol–water partition coefficient (Wildman–Crippen LogP) is 4.64. The number of hydrogen-bond donors (Lipinski definition) is 1. The van der Waals surface area contributed by atoms with Gasteiger partial charge in [0.15, 0.2) is 11.5 Å². The molecule has 0 bridgehead atoms. The molecule has 5 heteroatoms. The molecule has 1 N–H and O–H groups in total. The van der Waals surface area contributed by atoms with Crippen LogP contribution in [-0.2, 0) is 0 Å². The molecule has 0 spiro atoms. The lowest BCUT2D eigenvalue weighted by Gasteiger charge is -2.02. The molecule has 0 radical (unpaired) electrons. The average Bonchev–Trinajstić information content (AvgIpc) is 2.92. The Labute approximate surface area is 157 Å². The van der Waals surface area contributed by atoms with Gasteiger partial charge in [0.05, 0.1) is 5.71 Å². The van der Waals surface area contributed by atoms with Crippen molar-refractivity contribution >= 4 is 11.5 Å². The molecule has 1 aliphatic heterocycles. The van der Waals surface area contributed by atoms with Crippen molar-refractivity contribution in [2.45, 2.75) is 25.7 Å². The summed E-state index contributed by atoms with van der Waals surface area (Å²) in [5.74, 6) is 0.0918. The summed E-state index contributed by atoms with van der Waals surface area (Å²) in [6.45, 7) is 0.757. The second-order valence-electron chi connectivity index (χ2n) is 6.58. The molecule has 0 saturated carbocycles. The van der Waals surface area contributed by atoms with Gasteiger partial charge in [0.2, 0.25) is 5.89 Å². The topological polar surface area (TPSA) is 75.7 Å². The van der Waals surface area contributed by atoms with Crippen LogP contribution in [0.15, 0.2) is 64.0 Å². The van der Waals surface area contributed by atoms with Crippen molar-refractivity contribution in [1.82, 2.24) is 4.98 Å². The van der Waals surface area contributed by atoms with Crippen LogP contribution in [0.5, 0.6) is 5.95 Å². The van der Waals surface area contributed by atoms with E-state index in [2.05, 4.69) is 9.98 Å². The van der Waals surface area contributed by atoms with E-state index in [1.54, 1.807) is 36.4 Å². The van der Waals surface area contributed by atoms with Gasteiger partial charge in [-0.2, -0.15) is 0 Å². The third-order valence-corrected chi connectivity index (χ3v) is 4.69. The highest BCUT2D eigenvalue weighted by Gasteiger charge is 2.20.